The average molecular weight is 400 g/mol. The van der Waals surface area contributed by atoms with Crippen LogP contribution in [0, 0.1) is 0 Å². The summed E-state index contributed by atoms with van der Waals surface area (Å²) in [6.07, 6.45) is 2.33. The number of rotatable bonds is 7. The summed E-state index contributed by atoms with van der Waals surface area (Å²) < 4.78 is 25.7. The summed E-state index contributed by atoms with van der Waals surface area (Å²) in [7, 11) is -2.03. The van der Waals surface area contributed by atoms with E-state index in [1.807, 2.05) is 0 Å². The first-order valence-corrected chi connectivity index (χ1v) is 14.1. The van der Waals surface area contributed by atoms with Gasteiger partial charge >= 0.3 is 0 Å². The Morgan fingerprint density at radius 2 is 1.19 bits per heavy atom. The molecular formula is C18H37N3O3Si2. The second-order valence-corrected chi connectivity index (χ2v) is 13.8. The van der Waals surface area contributed by atoms with E-state index >= 15 is 0 Å². The molecule has 6 nitrogen and oxygen atoms in total. The molecule has 3 aliphatic heterocycles. The van der Waals surface area contributed by atoms with Crippen molar-refractivity contribution in [2.24, 2.45) is 0 Å². The monoisotopic (exact) mass is 399 g/mol. The third-order valence-electron chi connectivity index (χ3n) is 6.13. The molecular weight excluding hydrogens is 362 g/mol. The van der Waals surface area contributed by atoms with E-state index in [-0.39, 0.29) is 9.52 Å². The quantitative estimate of drug-likeness (QED) is 0.578. The highest BCUT2D eigenvalue weighted by Crippen LogP contribution is 2.30. The lowest BCUT2D eigenvalue weighted by atomic mass is 10.5. The van der Waals surface area contributed by atoms with Crippen molar-refractivity contribution in [3.63, 3.8) is 0 Å². The Bertz CT molecular complexity index is 403. The van der Waals surface area contributed by atoms with Crippen molar-refractivity contribution in [1.82, 2.24) is 13.7 Å². The molecule has 0 atom stereocenters. The van der Waals surface area contributed by atoms with Crippen LogP contribution in [-0.4, -0.2) is 111 Å². The minimum Gasteiger partial charge on any atom is -0.379 e. The van der Waals surface area contributed by atoms with Gasteiger partial charge in [-0.15, -0.1) is 0 Å². The summed E-state index contributed by atoms with van der Waals surface area (Å²) in [6, 6.07) is 2.78. The van der Waals surface area contributed by atoms with E-state index in [0.717, 1.165) is 78.9 Å². The molecule has 0 spiro atoms. The Balaban J connectivity index is 1.85. The number of morpholine rings is 3. The summed E-state index contributed by atoms with van der Waals surface area (Å²) >= 11 is 0. The van der Waals surface area contributed by atoms with Crippen LogP contribution < -0.4 is 0 Å². The van der Waals surface area contributed by atoms with E-state index in [9.17, 15) is 0 Å². The van der Waals surface area contributed by atoms with Crippen molar-refractivity contribution >= 4 is 18.1 Å². The first-order chi connectivity index (χ1) is 12.8. The van der Waals surface area contributed by atoms with Gasteiger partial charge in [0.25, 0.3) is 8.56 Å². The van der Waals surface area contributed by atoms with Crippen molar-refractivity contribution in [2.75, 3.05) is 78.9 Å². The molecule has 0 aromatic carbocycles. The lowest BCUT2D eigenvalue weighted by Gasteiger charge is -2.56. The number of allylic oxidation sites excluding steroid dienone is 2. The summed E-state index contributed by atoms with van der Waals surface area (Å²) in [5.74, 6) is 0. The largest absolute Gasteiger partial charge is 0.379 e. The van der Waals surface area contributed by atoms with Crippen molar-refractivity contribution < 1.29 is 14.2 Å². The van der Waals surface area contributed by atoms with Gasteiger partial charge in [0.1, 0.15) is 0 Å². The Hall–Kier alpha value is -0.0662. The fourth-order valence-electron chi connectivity index (χ4n) is 4.59. The van der Waals surface area contributed by atoms with Gasteiger partial charge in [-0.05, 0) is 19.9 Å². The van der Waals surface area contributed by atoms with Crippen LogP contribution in [0.1, 0.15) is 13.8 Å². The van der Waals surface area contributed by atoms with E-state index in [4.69, 9.17) is 14.2 Å². The Kier molecular flexibility index (Phi) is 8.32. The van der Waals surface area contributed by atoms with Gasteiger partial charge < -0.3 is 14.2 Å². The van der Waals surface area contributed by atoms with Gasteiger partial charge in [0.15, 0.2) is 0 Å². The molecule has 0 saturated carbocycles. The van der Waals surface area contributed by atoms with Crippen LogP contribution in [0.2, 0.25) is 12.1 Å². The molecule has 0 aromatic rings. The molecule has 0 aliphatic carbocycles. The zero-order chi connectivity index (χ0) is 18.2. The maximum Gasteiger partial charge on any atom is 0.289 e. The molecule has 26 heavy (non-hydrogen) atoms. The van der Waals surface area contributed by atoms with E-state index in [1.165, 1.54) is 12.1 Å². The zero-order valence-electron chi connectivity index (χ0n) is 16.8. The lowest BCUT2D eigenvalue weighted by molar-refractivity contribution is 0.0156. The van der Waals surface area contributed by atoms with E-state index < -0.39 is 8.56 Å². The molecule has 0 aromatic heterocycles. The van der Waals surface area contributed by atoms with Crippen LogP contribution in [0.4, 0.5) is 0 Å². The Morgan fingerprint density at radius 1 is 0.808 bits per heavy atom. The highest BCUT2D eigenvalue weighted by Gasteiger charge is 2.51. The third kappa shape index (κ3) is 4.85. The van der Waals surface area contributed by atoms with Gasteiger partial charge in [-0.3, -0.25) is 13.7 Å². The summed E-state index contributed by atoms with van der Waals surface area (Å²) in [5, 5.41) is 1.65. The predicted octanol–water partition coefficient (Wildman–Crippen LogP) is 0.433. The predicted molar refractivity (Wildman–Crippen MR) is 111 cm³/mol. The Morgan fingerprint density at radius 3 is 1.54 bits per heavy atom. The summed E-state index contributed by atoms with van der Waals surface area (Å²) in [6.45, 7) is 16.4. The number of ether oxygens (including phenoxy) is 3. The molecule has 0 N–H and O–H groups in total. The summed E-state index contributed by atoms with van der Waals surface area (Å²) in [5.41, 5.74) is 0. The molecule has 3 aliphatic rings. The van der Waals surface area contributed by atoms with Crippen molar-refractivity contribution in [3.05, 3.63) is 11.3 Å². The fraction of sp³-hybridized carbons (Fsp3) is 0.889. The average Bonchev–Trinajstić information content (AvgIpc) is 2.73. The highest BCUT2D eigenvalue weighted by atomic mass is 28.4. The van der Waals surface area contributed by atoms with E-state index in [0.29, 0.717) is 0 Å². The summed E-state index contributed by atoms with van der Waals surface area (Å²) in [4.78, 5) is 0. The van der Waals surface area contributed by atoms with Gasteiger partial charge in [0, 0.05) is 48.8 Å². The normalized spacial score (nSPS) is 26.0. The fourth-order valence-corrected chi connectivity index (χ4v) is 12.9. The molecule has 0 radical (unpaired) electrons. The molecule has 3 rings (SSSR count). The number of hydrogen-bond acceptors (Lipinski definition) is 6. The van der Waals surface area contributed by atoms with Crippen LogP contribution in [-0.2, 0) is 14.2 Å². The first-order valence-electron chi connectivity index (χ1n) is 10.4. The van der Waals surface area contributed by atoms with Gasteiger partial charge in [0.2, 0.25) is 0 Å². The van der Waals surface area contributed by atoms with Crippen molar-refractivity contribution in [2.45, 2.75) is 25.9 Å². The minimum atomic E-state index is -1.91. The molecule has 3 saturated heterocycles. The van der Waals surface area contributed by atoms with Crippen LogP contribution in [0.5, 0.6) is 0 Å². The molecule has 0 bridgehead atoms. The molecule has 0 amide bonds. The Labute approximate surface area is 162 Å². The topological polar surface area (TPSA) is 37.4 Å². The number of nitrogens with zero attached hydrogens (tertiary/aromatic N) is 3. The van der Waals surface area contributed by atoms with Gasteiger partial charge in [0.05, 0.1) is 39.6 Å². The lowest BCUT2D eigenvalue weighted by Crippen LogP contribution is -2.78. The second kappa shape index (κ2) is 10.5. The van der Waals surface area contributed by atoms with E-state index in [2.05, 4.69) is 33.6 Å². The first kappa shape index (κ1) is 20.7. The standard InChI is InChI=1S/C18H37N3O3Si2/c1-3-18(2)25-16-17-26(19-4-10-22-11-5-19,20-6-12-23-13-7-20)21-8-14-24-15-9-21/h3H,4-17,25H2,1-2H3. The number of hydrogen-bond donors (Lipinski definition) is 0. The third-order valence-corrected chi connectivity index (χ3v) is 14.1. The molecule has 0 unspecified atom stereocenters. The van der Waals surface area contributed by atoms with Crippen molar-refractivity contribution in [1.29, 1.82) is 0 Å². The maximum absolute atomic E-state index is 5.72. The minimum absolute atomic E-state index is 0.129. The SMILES string of the molecule is CC=C(C)[SiH2]CC[Si](N1CCOCC1)(N1CCOCC1)N1CCOCC1. The van der Waals surface area contributed by atoms with Gasteiger partial charge in [-0.2, -0.15) is 0 Å². The van der Waals surface area contributed by atoms with Crippen molar-refractivity contribution in [3.8, 4) is 0 Å². The zero-order valence-corrected chi connectivity index (χ0v) is 19.2. The molecule has 150 valence electrons. The smallest absolute Gasteiger partial charge is 0.289 e. The molecule has 8 heteroatoms. The van der Waals surface area contributed by atoms with Crippen LogP contribution in [0.15, 0.2) is 11.3 Å². The molecule has 3 fully saturated rings. The van der Waals surface area contributed by atoms with Gasteiger partial charge in [-0.25, -0.2) is 0 Å². The maximum atomic E-state index is 5.72. The second-order valence-electron chi connectivity index (χ2n) is 7.56. The highest BCUT2D eigenvalue weighted by molar-refractivity contribution is 6.73. The molecule has 3 heterocycles. The van der Waals surface area contributed by atoms with Crippen LogP contribution in [0.3, 0.4) is 0 Å². The van der Waals surface area contributed by atoms with E-state index in [1.54, 1.807) is 5.20 Å². The van der Waals surface area contributed by atoms with Crippen LogP contribution in [0.25, 0.3) is 0 Å². The van der Waals surface area contributed by atoms with Crippen LogP contribution >= 0.6 is 0 Å². The van der Waals surface area contributed by atoms with Gasteiger partial charge in [-0.1, -0.05) is 17.3 Å².